The van der Waals surface area contributed by atoms with Gasteiger partial charge in [0.2, 0.25) is 0 Å². The number of nitrogens with zero attached hydrogens (tertiary/aromatic N) is 1. The highest BCUT2D eigenvalue weighted by atomic mass is 35.5. The van der Waals surface area contributed by atoms with Crippen molar-refractivity contribution in [2.24, 2.45) is 0 Å². The molecular weight excluding hydrogens is 168 g/mol. The van der Waals surface area contributed by atoms with Crippen LogP contribution in [0, 0.1) is 0 Å². The van der Waals surface area contributed by atoms with E-state index in [1.165, 1.54) is 0 Å². The Bertz CT molecular complexity index is 32.8. The van der Waals surface area contributed by atoms with Gasteiger partial charge in [0.25, 0.3) is 0 Å². The van der Waals surface area contributed by atoms with Crippen molar-refractivity contribution in [2.75, 3.05) is 18.6 Å². The van der Waals surface area contributed by atoms with Gasteiger partial charge in [-0.1, -0.05) is 6.92 Å². The van der Waals surface area contributed by atoms with E-state index in [1.54, 1.807) is 0 Å². The Morgan fingerprint density at radius 3 is 1.62 bits per heavy atom. The summed E-state index contributed by atoms with van der Waals surface area (Å²) in [7, 11) is 0. The van der Waals surface area contributed by atoms with E-state index in [9.17, 15) is 0 Å². The average molecular weight is 178 g/mol. The molecule has 8 heavy (non-hydrogen) atoms. The van der Waals surface area contributed by atoms with Crippen molar-refractivity contribution in [3.8, 4) is 0 Å². The van der Waals surface area contributed by atoms with Gasteiger partial charge < -0.3 is 0 Å². The molecule has 0 rings (SSSR count). The first kappa shape index (κ1) is 11.6. The van der Waals surface area contributed by atoms with Gasteiger partial charge in [0.15, 0.2) is 0 Å². The van der Waals surface area contributed by atoms with Crippen molar-refractivity contribution in [1.29, 1.82) is 0 Å². The summed E-state index contributed by atoms with van der Waals surface area (Å²) in [5.41, 5.74) is 0. The van der Waals surface area contributed by atoms with Crippen LogP contribution in [0.5, 0.6) is 0 Å². The third-order valence-electron chi connectivity index (χ3n) is 0.785. The van der Waals surface area contributed by atoms with Gasteiger partial charge in [-0.2, -0.15) is 0 Å². The summed E-state index contributed by atoms with van der Waals surface area (Å²) >= 11 is 10.8. The van der Waals surface area contributed by atoms with E-state index in [1.807, 2.05) is 11.8 Å². The zero-order valence-electron chi connectivity index (χ0n) is 4.73. The number of rotatable bonds is 3. The smallest absolute Gasteiger partial charge is 0.0747 e. The number of alkyl halides is 2. The van der Waals surface area contributed by atoms with Crippen LogP contribution in [-0.4, -0.2) is 23.5 Å². The summed E-state index contributed by atoms with van der Waals surface area (Å²) in [6, 6.07) is 1.06. The molecule has 0 saturated heterocycles. The fraction of sp³-hybridized carbons (Fsp3) is 1.00. The van der Waals surface area contributed by atoms with E-state index in [0.717, 1.165) is 6.54 Å². The second kappa shape index (κ2) is 7.83. The SMILES string of the molecule is CCN(CCl)CCl.Cl. The van der Waals surface area contributed by atoms with E-state index in [4.69, 9.17) is 23.2 Å². The molecule has 0 fully saturated rings. The molecule has 0 aliphatic heterocycles. The molecule has 0 aromatic carbocycles. The van der Waals surface area contributed by atoms with Crippen LogP contribution in [-0.2, 0) is 0 Å². The van der Waals surface area contributed by atoms with Gasteiger partial charge >= 0.3 is 0 Å². The molecule has 52 valence electrons. The lowest BCUT2D eigenvalue weighted by molar-refractivity contribution is 0.392. The summed E-state index contributed by atoms with van der Waals surface area (Å²) in [5, 5.41) is 0. The van der Waals surface area contributed by atoms with Crippen LogP contribution in [0.25, 0.3) is 0 Å². The first-order valence-corrected chi connectivity index (χ1v) is 3.26. The number of hydrogen-bond donors (Lipinski definition) is 0. The standard InChI is InChI=1S/C4H9Cl2N.ClH/c1-2-7(3-5)4-6;/h2-4H2,1H3;1H. The lowest BCUT2D eigenvalue weighted by Gasteiger charge is -2.10. The highest BCUT2D eigenvalue weighted by molar-refractivity contribution is 6.19. The van der Waals surface area contributed by atoms with Gasteiger partial charge in [0, 0.05) is 0 Å². The van der Waals surface area contributed by atoms with Gasteiger partial charge in [-0.15, -0.1) is 35.6 Å². The van der Waals surface area contributed by atoms with Crippen molar-refractivity contribution in [1.82, 2.24) is 4.90 Å². The van der Waals surface area contributed by atoms with Crippen molar-refractivity contribution < 1.29 is 0 Å². The van der Waals surface area contributed by atoms with E-state index in [2.05, 4.69) is 0 Å². The maximum absolute atomic E-state index is 5.41. The van der Waals surface area contributed by atoms with E-state index in [0.29, 0.717) is 12.0 Å². The Balaban J connectivity index is 0. The molecule has 0 heterocycles. The van der Waals surface area contributed by atoms with Crippen LogP contribution in [0.15, 0.2) is 0 Å². The van der Waals surface area contributed by atoms with Crippen molar-refractivity contribution in [3.05, 3.63) is 0 Å². The Labute approximate surface area is 66.4 Å². The van der Waals surface area contributed by atoms with Crippen LogP contribution < -0.4 is 0 Å². The average Bonchev–Trinajstić information content (AvgIpc) is 1.72. The van der Waals surface area contributed by atoms with Gasteiger partial charge in [-0.25, -0.2) is 0 Å². The number of halogens is 3. The lowest BCUT2D eigenvalue weighted by Crippen LogP contribution is -2.18. The van der Waals surface area contributed by atoms with Gasteiger partial charge in [-0.3, -0.25) is 4.90 Å². The fourth-order valence-corrected chi connectivity index (χ4v) is 0.795. The van der Waals surface area contributed by atoms with Crippen LogP contribution >= 0.6 is 35.6 Å². The normalized spacial score (nSPS) is 9.00. The molecule has 0 radical (unpaired) electrons. The van der Waals surface area contributed by atoms with Crippen LogP contribution in [0.3, 0.4) is 0 Å². The minimum absolute atomic E-state index is 0. The molecule has 0 unspecified atom stereocenters. The third kappa shape index (κ3) is 4.98. The molecule has 1 nitrogen and oxygen atoms in total. The largest absolute Gasteiger partial charge is 0.276 e. The van der Waals surface area contributed by atoms with Crippen LogP contribution in [0.1, 0.15) is 6.92 Å². The Morgan fingerprint density at radius 1 is 1.25 bits per heavy atom. The fourth-order valence-electron chi connectivity index (χ4n) is 0.201. The highest BCUT2D eigenvalue weighted by Gasteiger charge is 1.92. The van der Waals surface area contributed by atoms with E-state index in [-0.39, 0.29) is 12.4 Å². The summed E-state index contributed by atoms with van der Waals surface area (Å²) in [6.07, 6.45) is 0. The zero-order valence-corrected chi connectivity index (χ0v) is 7.06. The monoisotopic (exact) mass is 177 g/mol. The summed E-state index contributed by atoms with van der Waals surface area (Å²) in [4.78, 5) is 1.91. The Kier molecular flexibility index (Phi) is 11.4. The van der Waals surface area contributed by atoms with E-state index >= 15 is 0 Å². The number of hydrogen-bond acceptors (Lipinski definition) is 1. The maximum Gasteiger partial charge on any atom is 0.0747 e. The first-order chi connectivity index (χ1) is 3.35. The zero-order chi connectivity index (χ0) is 5.70. The minimum atomic E-state index is 0. The second-order valence-corrected chi connectivity index (χ2v) is 1.70. The third-order valence-corrected chi connectivity index (χ3v) is 1.46. The molecule has 0 bridgehead atoms. The molecule has 0 N–H and O–H groups in total. The lowest BCUT2D eigenvalue weighted by atomic mass is 10.7. The van der Waals surface area contributed by atoms with Crippen molar-refractivity contribution in [2.45, 2.75) is 6.92 Å². The highest BCUT2D eigenvalue weighted by Crippen LogP contribution is 1.90. The van der Waals surface area contributed by atoms with Crippen LogP contribution in [0.4, 0.5) is 0 Å². The molecule has 0 atom stereocenters. The molecule has 0 saturated carbocycles. The Hall–Kier alpha value is 0.830. The van der Waals surface area contributed by atoms with Gasteiger partial charge in [0.1, 0.15) is 0 Å². The molecule has 0 aromatic heterocycles. The summed E-state index contributed by atoms with van der Waals surface area (Å²) < 4.78 is 0. The van der Waals surface area contributed by atoms with Crippen molar-refractivity contribution in [3.63, 3.8) is 0 Å². The summed E-state index contributed by atoms with van der Waals surface area (Å²) in [5.74, 6) is 0. The topological polar surface area (TPSA) is 3.24 Å². The molecule has 0 aliphatic rings. The summed E-state index contributed by atoms with van der Waals surface area (Å²) in [6.45, 7) is 2.94. The predicted octanol–water partition coefficient (Wildman–Crippen LogP) is 2.12. The molecular formula is C4H10Cl3N. The quantitative estimate of drug-likeness (QED) is 0.473. The van der Waals surface area contributed by atoms with Gasteiger partial charge in [-0.05, 0) is 6.54 Å². The minimum Gasteiger partial charge on any atom is -0.276 e. The van der Waals surface area contributed by atoms with E-state index < -0.39 is 0 Å². The van der Waals surface area contributed by atoms with Crippen molar-refractivity contribution >= 4 is 35.6 Å². The second-order valence-electron chi connectivity index (χ2n) is 1.23. The molecule has 0 amide bonds. The molecule has 0 spiro atoms. The van der Waals surface area contributed by atoms with Gasteiger partial charge in [0.05, 0.1) is 12.0 Å². The first-order valence-electron chi connectivity index (χ1n) is 2.19. The molecule has 4 heteroatoms. The molecule has 0 aliphatic carbocycles. The predicted molar refractivity (Wildman–Crippen MR) is 41.1 cm³/mol. The maximum atomic E-state index is 5.41. The molecule has 0 aromatic rings. The Morgan fingerprint density at radius 2 is 1.62 bits per heavy atom. The van der Waals surface area contributed by atoms with Crippen LogP contribution in [0.2, 0.25) is 0 Å².